The molecule has 0 saturated carbocycles. The first kappa shape index (κ1) is 14.7. The van der Waals surface area contributed by atoms with E-state index in [1.54, 1.807) is 23.2 Å². The average Bonchev–Trinajstić information content (AvgIpc) is 2.99. The van der Waals surface area contributed by atoms with E-state index < -0.39 is 0 Å². The third-order valence-electron chi connectivity index (χ3n) is 3.47. The zero-order valence-electron chi connectivity index (χ0n) is 11.9. The van der Waals surface area contributed by atoms with Gasteiger partial charge in [0.1, 0.15) is 6.10 Å². The molecular formula is C16H16ClN3O2. The average molecular weight is 318 g/mol. The molecule has 0 radical (unpaired) electrons. The van der Waals surface area contributed by atoms with Crippen molar-refractivity contribution in [1.82, 2.24) is 9.88 Å². The summed E-state index contributed by atoms with van der Waals surface area (Å²) < 4.78 is 5.77. The van der Waals surface area contributed by atoms with Gasteiger partial charge < -0.3 is 15.0 Å². The smallest absolute Gasteiger partial charge is 0.322 e. The van der Waals surface area contributed by atoms with Gasteiger partial charge in [-0.3, -0.25) is 0 Å². The molecule has 3 rings (SSSR count). The Balaban J connectivity index is 1.56. The van der Waals surface area contributed by atoms with Crippen LogP contribution < -0.4 is 10.1 Å². The highest BCUT2D eigenvalue weighted by molar-refractivity contribution is 6.33. The highest BCUT2D eigenvalue weighted by Crippen LogP contribution is 2.22. The van der Waals surface area contributed by atoms with Crippen LogP contribution in [0.4, 0.5) is 10.5 Å². The van der Waals surface area contributed by atoms with Crippen molar-refractivity contribution in [2.75, 3.05) is 18.4 Å². The Morgan fingerprint density at radius 1 is 1.27 bits per heavy atom. The van der Waals surface area contributed by atoms with Gasteiger partial charge in [-0.2, -0.15) is 0 Å². The number of rotatable bonds is 3. The molecule has 1 fully saturated rings. The predicted octanol–water partition coefficient (Wildman–Crippen LogP) is 3.42. The van der Waals surface area contributed by atoms with Gasteiger partial charge in [-0.1, -0.05) is 29.8 Å². The molecule has 2 heterocycles. The number of carbonyl (C=O) groups excluding carboxylic acids is 1. The number of likely N-dealkylation sites (tertiary alicyclic amines) is 1. The fourth-order valence-corrected chi connectivity index (χ4v) is 2.54. The van der Waals surface area contributed by atoms with Crippen LogP contribution in [0.2, 0.25) is 5.02 Å². The van der Waals surface area contributed by atoms with Gasteiger partial charge >= 0.3 is 6.03 Å². The zero-order chi connectivity index (χ0) is 15.4. The zero-order valence-corrected chi connectivity index (χ0v) is 12.7. The lowest BCUT2D eigenvalue weighted by Crippen LogP contribution is -2.34. The minimum absolute atomic E-state index is 0.0353. The Kier molecular flexibility index (Phi) is 4.44. The van der Waals surface area contributed by atoms with Crippen LogP contribution in [-0.4, -0.2) is 35.1 Å². The molecule has 2 aromatic rings. The van der Waals surface area contributed by atoms with Gasteiger partial charge in [0.15, 0.2) is 0 Å². The summed E-state index contributed by atoms with van der Waals surface area (Å²) >= 11 is 6.04. The molecule has 1 aromatic heterocycles. The molecule has 1 N–H and O–H groups in total. The van der Waals surface area contributed by atoms with Crippen molar-refractivity contribution >= 4 is 23.3 Å². The van der Waals surface area contributed by atoms with E-state index in [2.05, 4.69) is 10.3 Å². The molecule has 5 nitrogen and oxygen atoms in total. The number of ether oxygens (including phenoxy) is 1. The summed E-state index contributed by atoms with van der Waals surface area (Å²) in [4.78, 5) is 18.1. The van der Waals surface area contributed by atoms with Gasteiger partial charge in [-0.05, 0) is 18.2 Å². The summed E-state index contributed by atoms with van der Waals surface area (Å²) in [7, 11) is 0. The topological polar surface area (TPSA) is 54.5 Å². The van der Waals surface area contributed by atoms with Crippen LogP contribution in [0.3, 0.4) is 0 Å². The molecule has 0 spiro atoms. The Hall–Kier alpha value is -2.27. The summed E-state index contributed by atoms with van der Waals surface area (Å²) in [6, 6.07) is 12.5. The second kappa shape index (κ2) is 6.66. The third-order valence-corrected chi connectivity index (χ3v) is 3.80. The number of aromatic nitrogens is 1. The van der Waals surface area contributed by atoms with Gasteiger partial charge in [-0.15, -0.1) is 0 Å². The monoisotopic (exact) mass is 317 g/mol. The first-order chi connectivity index (χ1) is 10.7. The molecule has 1 aromatic carbocycles. The lowest BCUT2D eigenvalue weighted by Gasteiger charge is -2.18. The van der Waals surface area contributed by atoms with E-state index >= 15 is 0 Å². The highest BCUT2D eigenvalue weighted by Gasteiger charge is 2.28. The van der Waals surface area contributed by atoms with E-state index in [-0.39, 0.29) is 12.1 Å². The van der Waals surface area contributed by atoms with E-state index in [4.69, 9.17) is 16.3 Å². The molecule has 0 bridgehead atoms. The molecule has 1 aliphatic rings. The Labute approximate surface area is 133 Å². The maximum atomic E-state index is 12.2. The summed E-state index contributed by atoms with van der Waals surface area (Å²) in [6.45, 7) is 1.18. The standard InChI is InChI=1S/C16H16ClN3O2/c17-13-5-1-2-6-14(13)19-16(21)20-10-8-12(11-20)22-15-7-3-4-9-18-15/h1-7,9,12H,8,10-11H2,(H,19,21)/t12-/m0/s1. The summed E-state index contributed by atoms with van der Waals surface area (Å²) in [5.41, 5.74) is 0.614. The van der Waals surface area contributed by atoms with Crippen molar-refractivity contribution in [3.8, 4) is 5.88 Å². The van der Waals surface area contributed by atoms with E-state index in [1.807, 2.05) is 30.3 Å². The van der Waals surface area contributed by atoms with Crippen LogP contribution in [0.5, 0.6) is 5.88 Å². The second-order valence-corrected chi connectivity index (χ2v) is 5.46. The number of urea groups is 1. The maximum Gasteiger partial charge on any atom is 0.322 e. The van der Waals surface area contributed by atoms with E-state index in [9.17, 15) is 4.79 Å². The molecule has 114 valence electrons. The highest BCUT2D eigenvalue weighted by atomic mass is 35.5. The minimum Gasteiger partial charge on any atom is -0.472 e. The number of amides is 2. The lowest BCUT2D eigenvalue weighted by atomic mass is 10.3. The number of hydrogen-bond acceptors (Lipinski definition) is 3. The normalized spacial score (nSPS) is 17.3. The summed E-state index contributed by atoms with van der Waals surface area (Å²) in [5, 5.41) is 3.34. The fourth-order valence-electron chi connectivity index (χ4n) is 2.35. The number of hydrogen-bond donors (Lipinski definition) is 1. The minimum atomic E-state index is -0.166. The van der Waals surface area contributed by atoms with Crippen LogP contribution in [0.15, 0.2) is 48.7 Å². The van der Waals surface area contributed by atoms with Gasteiger partial charge in [0.05, 0.1) is 17.3 Å². The van der Waals surface area contributed by atoms with E-state index in [0.717, 1.165) is 6.42 Å². The third kappa shape index (κ3) is 3.49. The van der Waals surface area contributed by atoms with Gasteiger partial charge in [0.2, 0.25) is 5.88 Å². The molecule has 1 atom stereocenters. The molecule has 1 saturated heterocycles. The van der Waals surface area contributed by atoms with Crippen molar-refractivity contribution in [3.63, 3.8) is 0 Å². The van der Waals surface area contributed by atoms with Crippen LogP contribution >= 0.6 is 11.6 Å². The number of nitrogens with one attached hydrogen (secondary N) is 1. The van der Waals surface area contributed by atoms with Crippen LogP contribution in [0, 0.1) is 0 Å². The molecule has 1 aliphatic heterocycles. The van der Waals surface area contributed by atoms with Crippen molar-refractivity contribution < 1.29 is 9.53 Å². The van der Waals surface area contributed by atoms with Crippen molar-refractivity contribution in [2.24, 2.45) is 0 Å². The molecule has 0 aliphatic carbocycles. The lowest BCUT2D eigenvalue weighted by molar-refractivity contribution is 0.190. The molecule has 0 unspecified atom stereocenters. The quantitative estimate of drug-likeness (QED) is 0.943. The second-order valence-electron chi connectivity index (χ2n) is 5.05. The largest absolute Gasteiger partial charge is 0.472 e. The van der Waals surface area contributed by atoms with Crippen LogP contribution in [0.1, 0.15) is 6.42 Å². The van der Waals surface area contributed by atoms with E-state index in [0.29, 0.717) is 29.7 Å². The Bertz CT molecular complexity index is 651. The van der Waals surface area contributed by atoms with Gasteiger partial charge in [0, 0.05) is 25.2 Å². The fraction of sp³-hybridized carbons (Fsp3) is 0.250. The van der Waals surface area contributed by atoms with Crippen molar-refractivity contribution in [3.05, 3.63) is 53.7 Å². The number of pyridine rings is 1. The van der Waals surface area contributed by atoms with Crippen LogP contribution in [-0.2, 0) is 0 Å². The van der Waals surface area contributed by atoms with Crippen molar-refractivity contribution in [1.29, 1.82) is 0 Å². The van der Waals surface area contributed by atoms with E-state index in [1.165, 1.54) is 0 Å². The van der Waals surface area contributed by atoms with Gasteiger partial charge in [-0.25, -0.2) is 9.78 Å². The number of nitrogens with zero attached hydrogens (tertiary/aromatic N) is 2. The SMILES string of the molecule is O=C(Nc1ccccc1Cl)N1CC[C@H](Oc2ccccn2)C1. The predicted molar refractivity (Wildman–Crippen MR) is 85.3 cm³/mol. The number of benzene rings is 1. The maximum absolute atomic E-state index is 12.2. The summed E-state index contributed by atoms with van der Waals surface area (Å²) in [5.74, 6) is 0.584. The van der Waals surface area contributed by atoms with Crippen molar-refractivity contribution in [2.45, 2.75) is 12.5 Å². The van der Waals surface area contributed by atoms with Gasteiger partial charge in [0.25, 0.3) is 0 Å². The first-order valence-corrected chi connectivity index (χ1v) is 7.48. The molecular weight excluding hydrogens is 302 g/mol. The molecule has 22 heavy (non-hydrogen) atoms. The number of anilines is 1. The number of halogens is 1. The summed E-state index contributed by atoms with van der Waals surface area (Å²) in [6.07, 6.45) is 2.44. The Morgan fingerprint density at radius 3 is 2.86 bits per heavy atom. The van der Waals surface area contributed by atoms with Crippen LogP contribution in [0.25, 0.3) is 0 Å². The Morgan fingerprint density at radius 2 is 2.09 bits per heavy atom. The molecule has 6 heteroatoms. The number of carbonyl (C=O) groups is 1. The number of para-hydroxylation sites is 1. The first-order valence-electron chi connectivity index (χ1n) is 7.10. The molecule has 2 amide bonds.